The van der Waals surface area contributed by atoms with Gasteiger partial charge in [-0.25, -0.2) is 8.42 Å². The van der Waals surface area contributed by atoms with Gasteiger partial charge in [-0.05, 0) is 69.0 Å². The summed E-state index contributed by atoms with van der Waals surface area (Å²) in [6.07, 6.45) is 2.01. The van der Waals surface area contributed by atoms with Gasteiger partial charge >= 0.3 is 0 Å². The van der Waals surface area contributed by atoms with Crippen molar-refractivity contribution in [3.8, 4) is 5.75 Å². The minimum atomic E-state index is -3.91. The molecule has 10 nitrogen and oxygen atoms in total. The Hall–Kier alpha value is -3.93. The molecule has 0 saturated heterocycles. The smallest absolute Gasteiger partial charge is 0.261 e. The highest BCUT2D eigenvalue weighted by Crippen LogP contribution is 2.29. The Labute approximate surface area is 278 Å². The maximum Gasteiger partial charge on any atom is 0.261 e. The van der Waals surface area contributed by atoms with Gasteiger partial charge in [-0.15, -0.1) is 0 Å². The maximum atomic E-state index is 14.3. The highest BCUT2D eigenvalue weighted by molar-refractivity contribution is 7.92. The van der Waals surface area contributed by atoms with E-state index in [2.05, 4.69) is 4.72 Å². The summed E-state index contributed by atoms with van der Waals surface area (Å²) in [5.41, 5.74) is 1.32. The quantitative estimate of drug-likeness (QED) is 0.330. The molecule has 0 radical (unpaired) electrons. The zero-order valence-electron chi connectivity index (χ0n) is 27.7. The van der Waals surface area contributed by atoms with Crippen LogP contribution < -0.4 is 9.46 Å². The number of amides is 2. The third-order valence-electron chi connectivity index (χ3n) is 8.43. The Balaban J connectivity index is 1.63. The van der Waals surface area contributed by atoms with Crippen molar-refractivity contribution in [1.29, 1.82) is 0 Å². The number of nitrogens with one attached hydrogen (secondary N) is 1. The zero-order valence-corrected chi connectivity index (χ0v) is 28.5. The number of hydrogen-bond acceptors (Lipinski definition) is 7. The van der Waals surface area contributed by atoms with Crippen molar-refractivity contribution in [1.82, 2.24) is 9.80 Å². The normalized spacial score (nSPS) is 20.3. The number of rotatable bonds is 9. The Bertz CT molecular complexity index is 1570. The highest BCUT2D eigenvalue weighted by Gasteiger charge is 2.31. The molecule has 3 aromatic rings. The van der Waals surface area contributed by atoms with Crippen LogP contribution in [-0.2, 0) is 26.0 Å². The van der Waals surface area contributed by atoms with Gasteiger partial charge in [0.05, 0.1) is 41.7 Å². The Morgan fingerprint density at radius 1 is 1.04 bits per heavy atom. The number of aliphatic hydroxyl groups is 1. The molecule has 0 fully saturated rings. The molecule has 4 rings (SSSR count). The van der Waals surface area contributed by atoms with Crippen LogP contribution in [0.4, 0.5) is 5.69 Å². The fourth-order valence-corrected chi connectivity index (χ4v) is 6.61. The molecule has 2 amide bonds. The molecular weight excluding hydrogens is 618 g/mol. The van der Waals surface area contributed by atoms with Gasteiger partial charge in [-0.3, -0.25) is 14.3 Å². The SMILES string of the molecule is C[C@@H]1CCCCO[C@H](CN(C)C(=O)Cc2ccccc2)[C@@H](C)CN([C@H](C)CO)C(=O)c2cc(NS(=O)(=O)c3ccccc3)ccc2O1. The summed E-state index contributed by atoms with van der Waals surface area (Å²) in [6.45, 7) is 6.43. The second-order valence-corrected chi connectivity index (χ2v) is 14.0. The van der Waals surface area contributed by atoms with Gasteiger partial charge in [-0.1, -0.05) is 55.5 Å². The second kappa shape index (κ2) is 16.8. The van der Waals surface area contributed by atoms with Gasteiger partial charge in [0.1, 0.15) is 5.75 Å². The molecule has 0 saturated carbocycles. The molecule has 1 aliphatic rings. The van der Waals surface area contributed by atoms with E-state index in [-0.39, 0.29) is 59.8 Å². The summed E-state index contributed by atoms with van der Waals surface area (Å²) in [5, 5.41) is 10.2. The maximum absolute atomic E-state index is 14.3. The van der Waals surface area contributed by atoms with Gasteiger partial charge in [0.25, 0.3) is 15.9 Å². The average molecular weight is 666 g/mol. The molecule has 4 atom stereocenters. The topological polar surface area (TPSA) is 125 Å². The Kier molecular flexibility index (Phi) is 12.8. The number of fused-ring (bicyclic) bond motifs is 1. The number of likely N-dealkylation sites (N-methyl/N-ethyl adjacent to an activating group) is 1. The summed E-state index contributed by atoms with van der Waals surface area (Å²) < 4.78 is 41.4. The molecule has 1 heterocycles. The molecule has 11 heteroatoms. The van der Waals surface area contributed by atoms with Crippen molar-refractivity contribution in [3.05, 3.63) is 90.0 Å². The summed E-state index contributed by atoms with van der Waals surface area (Å²) in [7, 11) is -2.15. The van der Waals surface area contributed by atoms with Crippen molar-refractivity contribution in [3.63, 3.8) is 0 Å². The summed E-state index contributed by atoms with van der Waals surface area (Å²) in [6, 6.07) is 21.7. The Morgan fingerprint density at radius 3 is 2.40 bits per heavy atom. The lowest BCUT2D eigenvalue weighted by Gasteiger charge is -2.36. The lowest BCUT2D eigenvalue weighted by atomic mass is 10.0. The fraction of sp³-hybridized carbons (Fsp3) is 0.444. The molecule has 2 N–H and O–H groups in total. The van der Waals surface area contributed by atoms with Crippen molar-refractivity contribution in [2.75, 3.05) is 38.1 Å². The number of aliphatic hydroxyl groups excluding tert-OH is 1. The third-order valence-corrected chi connectivity index (χ3v) is 9.83. The van der Waals surface area contributed by atoms with Crippen LogP contribution in [0.5, 0.6) is 5.75 Å². The molecule has 0 spiro atoms. The predicted molar refractivity (Wildman–Crippen MR) is 182 cm³/mol. The average Bonchev–Trinajstić information content (AvgIpc) is 3.06. The third kappa shape index (κ3) is 10.0. The van der Waals surface area contributed by atoms with Crippen molar-refractivity contribution in [2.45, 2.75) is 69.6 Å². The number of sulfonamides is 1. The molecule has 0 unspecified atom stereocenters. The van der Waals surface area contributed by atoms with Crippen LogP contribution in [0.25, 0.3) is 0 Å². The molecule has 1 aliphatic heterocycles. The first-order valence-electron chi connectivity index (χ1n) is 16.2. The van der Waals surface area contributed by atoms with Gasteiger partial charge < -0.3 is 24.4 Å². The van der Waals surface area contributed by atoms with Crippen LogP contribution in [-0.4, -0.2) is 86.7 Å². The molecule has 47 heavy (non-hydrogen) atoms. The second-order valence-electron chi connectivity index (χ2n) is 12.4. The number of carbonyl (C=O) groups excluding carboxylic acids is 2. The molecule has 254 valence electrons. The van der Waals surface area contributed by atoms with E-state index >= 15 is 0 Å². The van der Waals surface area contributed by atoms with Crippen LogP contribution >= 0.6 is 0 Å². The fourth-order valence-electron chi connectivity index (χ4n) is 5.54. The minimum Gasteiger partial charge on any atom is -0.490 e. The number of ether oxygens (including phenoxy) is 2. The van der Waals surface area contributed by atoms with Crippen LogP contribution in [0.3, 0.4) is 0 Å². The molecule has 3 aromatic carbocycles. The van der Waals surface area contributed by atoms with E-state index in [1.807, 2.05) is 44.2 Å². The highest BCUT2D eigenvalue weighted by atomic mass is 32.2. The van der Waals surface area contributed by atoms with E-state index in [9.17, 15) is 23.1 Å². The molecule has 0 aliphatic carbocycles. The van der Waals surface area contributed by atoms with Crippen molar-refractivity contribution >= 4 is 27.5 Å². The summed E-state index contributed by atoms with van der Waals surface area (Å²) in [5.74, 6) is -0.325. The van der Waals surface area contributed by atoms with Crippen molar-refractivity contribution in [2.24, 2.45) is 5.92 Å². The Morgan fingerprint density at radius 2 is 1.72 bits per heavy atom. The largest absolute Gasteiger partial charge is 0.490 e. The van der Waals surface area contributed by atoms with Gasteiger partial charge in [0.15, 0.2) is 0 Å². The number of benzene rings is 3. The number of nitrogens with zero attached hydrogens (tertiary/aromatic N) is 2. The van der Waals surface area contributed by atoms with Crippen LogP contribution in [0, 0.1) is 5.92 Å². The number of anilines is 1. The summed E-state index contributed by atoms with van der Waals surface area (Å²) in [4.78, 5) is 30.8. The number of carbonyl (C=O) groups is 2. The zero-order chi connectivity index (χ0) is 34.0. The first-order valence-corrected chi connectivity index (χ1v) is 17.7. The predicted octanol–water partition coefficient (Wildman–Crippen LogP) is 4.98. The number of hydrogen-bond donors (Lipinski definition) is 2. The van der Waals surface area contributed by atoms with Gasteiger partial charge in [0, 0.05) is 38.3 Å². The van der Waals surface area contributed by atoms with E-state index in [0.717, 1.165) is 18.4 Å². The van der Waals surface area contributed by atoms with E-state index < -0.39 is 22.0 Å². The monoisotopic (exact) mass is 665 g/mol. The lowest BCUT2D eigenvalue weighted by molar-refractivity contribution is -0.131. The lowest BCUT2D eigenvalue weighted by Crippen LogP contribution is -2.48. The molecule has 0 bridgehead atoms. The van der Waals surface area contributed by atoms with Crippen molar-refractivity contribution < 1.29 is 32.6 Å². The van der Waals surface area contributed by atoms with Crippen LogP contribution in [0.1, 0.15) is 56.0 Å². The minimum absolute atomic E-state index is 0.0338. The first-order chi connectivity index (χ1) is 22.5. The van der Waals surface area contributed by atoms with Crippen LogP contribution in [0.15, 0.2) is 83.8 Å². The molecular formula is C36H47N3O7S. The molecule has 0 aromatic heterocycles. The van der Waals surface area contributed by atoms with Crippen LogP contribution in [0.2, 0.25) is 0 Å². The van der Waals surface area contributed by atoms with E-state index in [1.54, 1.807) is 54.1 Å². The van der Waals surface area contributed by atoms with E-state index in [1.165, 1.54) is 18.2 Å². The van der Waals surface area contributed by atoms with E-state index in [0.29, 0.717) is 25.3 Å². The standard InChI is InChI=1S/C36H47N3O7S/c1-26-23-39(27(2)25-40)36(42)32-22-30(37-47(43,44)31-16-9-6-10-17-31)18-19-33(32)46-28(3)13-11-12-20-45-34(26)24-38(4)35(41)21-29-14-7-5-8-15-29/h5-10,14-19,22,26-28,34,37,40H,11-13,20-21,23-25H2,1-4H3/t26-,27+,28+,34+/m0/s1. The summed E-state index contributed by atoms with van der Waals surface area (Å²) >= 11 is 0. The van der Waals surface area contributed by atoms with E-state index in [4.69, 9.17) is 9.47 Å². The van der Waals surface area contributed by atoms with Gasteiger partial charge in [0.2, 0.25) is 5.91 Å². The first kappa shape index (κ1) is 35.9. The van der Waals surface area contributed by atoms with Gasteiger partial charge in [-0.2, -0.15) is 0 Å².